The molecule has 1 saturated heterocycles. The van der Waals surface area contributed by atoms with E-state index in [-0.39, 0.29) is 29.3 Å². The van der Waals surface area contributed by atoms with Crippen LogP contribution < -0.4 is 9.64 Å². The van der Waals surface area contributed by atoms with Crippen molar-refractivity contribution in [2.24, 2.45) is 0 Å². The molecule has 0 saturated carbocycles. The van der Waals surface area contributed by atoms with Crippen molar-refractivity contribution in [1.29, 1.82) is 0 Å². The summed E-state index contributed by atoms with van der Waals surface area (Å²) in [6, 6.07) is 13.8. The second-order valence-corrected chi connectivity index (χ2v) is 10.8. The highest BCUT2D eigenvalue weighted by Gasteiger charge is 2.47. The highest BCUT2D eigenvalue weighted by atomic mass is 35.5. The van der Waals surface area contributed by atoms with E-state index >= 15 is 0 Å². The number of nitrogens with zero attached hydrogens (tertiary/aromatic N) is 2. The largest absolute Gasteiger partial charge is 0.427 e. The Kier molecular flexibility index (Phi) is 6.85. The van der Waals surface area contributed by atoms with E-state index in [4.69, 9.17) is 16.3 Å². The van der Waals surface area contributed by atoms with Crippen molar-refractivity contribution in [3.05, 3.63) is 75.9 Å². The van der Waals surface area contributed by atoms with Crippen molar-refractivity contribution in [3.63, 3.8) is 0 Å². The maximum absolute atomic E-state index is 13.6. The maximum Gasteiger partial charge on any atom is 0.308 e. The summed E-state index contributed by atoms with van der Waals surface area (Å²) in [6.07, 6.45) is -0.303. The number of thiophene rings is 1. The molecular formula is C23H19ClN2O6S2. The van der Waals surface area contributed by atoms with Crippen molar-refractivity contribution in [1.82, 2.24) is 4.31 Å². The van der Waals surface area contributed by atoms with Crippen LogP contribution in [0.25, 0.3) is 0 Å². The Hall–Kier alpha value is -3.05. The predicted octanol–water partition coefficient (Wildman–Crippen LogP) is 3.85. The van der Waals surface area contributed by atoms with Crippen molar-refractivity contribution >= 4 is 56.4 Å². The van der Waals surface area contributed by atoms with E-state index in [9.17, 15) is 22.8 Å². The van der Waals surface area contributed by atoms with E-state index < -0.39 is 33.8 Å². The number of esters is 1. The number of rotatable bonds is 7. The average Bonchev–Trinajstić information content (AvgIpc) is 3.40. The molecule has 34 heavy (non-hydrogen) atoms. The molecule has 0 aliphatic carbocycles. The lowest BCUT2D eigenvalue weighted by atomic mass is 10.2. The quantitative estimate of drug-likeness (QED) is 0.267. The fraction of sp³-hybridized carbons (Fsp3) is 0.174. The summed E-state index contributed by atoms with van der Waals surface area (Å²) in [4.78, 5) is 39.0. The van der Waals surface area contributed by atoms with Gasteiger partial charge in [0.05, 0.1) is 17.0 Å². The molecule has 1 aliphatic rings. The second-order valence-electron chi connectivity index (χ2n) is 7.46. The van der Waals surface area contributed by atoms with Gasteiger partial charge in [-0.15, -0.1) is 11.3 Å². The molecule has 0 N–H and O–H groups in total. The number of carbonyl (C=O) groups excluding carboxylic acids is 3. The Balaban J connectivity index is 1.68. The third-order valence-corrected chi connectivity index (χ3v) is 8.12. The number of benzene rings is 2. The number of sulfonamides is 1. The first kappa shape index (κ1) is 24.1. The number of amides is 2. The fourth-order valence-electron chi connectivity index (χ4n) is 3.60. The first-order chi connectivity index (χ1) is 16.2. The summed E-state index contributed by atoms with van der Waals surface area (Å²) in [5.74, 6) is -1.42. The van der Waals surface area contributed by atoms with E-state index in [1.54, 1.807) is 17.5 Å². The molecule has 1 fully saturated rings. The smallest absolute Gasteiger partial charge is 0.308 e. The van der Waals surface area contributed by atoms with Crippen LogP contribution in [0.4, 0.5) is 5.69 Å². The highest BCUT2D eigenvalue weighted by Crippen LogP contribution is 2.32. The van der Waals surface area contributed by atoms with Gasteiger partial charge in [0.1, 0.15) is 11.8 Å². The van der Waals surface area contributed by atoms with Gasteiger partial charge in [-0.2, -0.15) is 4.31 Å². The molecule has 176 valence electrons. The lowest BCUT2D eigenvalue weighted by Crippen LogP contribution is -2.44. The van der Waals surface area contributed by atoms with E-state index in [2.05, 4.69) is 0 Å². The van der Waals surface area contributed by atoms with Gasteiger partial charge in [0.2, 0.25) is 15.9 Å². The van der Waals surface area contributed by atoms with Gasteiger partial charge in [-0.3, -0.25) is 14.4 Å². The minimum absolute atomic E-state index is 0.0297. The van der Waals surface area contributed by atoms with E-state index in [0.717, 1.165) is 14.1 Å². The number of hydrogen-bond acceptors (Lipinski definition) is 7. The third kappa shape index (κ3) is 4.90. The predicted molar refractivity (Wildman–Crippen MR) is 127 cm³/mol. The van der Waals surface area contributed by atoms with E-state index in [1.807, 2.05) is 0 Å². The summed E-state index contributed by atoms with van der Waals surface area (Å²) in [6.45, 7) is 1.20. The molecule has 1 atom stereocenters. The standard InChI is InChI=1S/C23H19ClN2O6S2/c1-15(27)32-18-8-6-17(7-9-18)26-22(28)13-21(23(26)29)25(14-19-3-2-12-33-19)34(30,31)20-10-4-16(24)5-11-20/h2-12,21H,13-14H2,1H3. The van der Waals surface area contributed by atoms with Crippen molar-refractivity contribution in [2.75, 3.05) is 4.90 Å². The molecule has 0 bridgehead atoms. The zero-order valence-electron chi connectivity index (χ0n) is 17.9. The third-order valence-electron chi connectivity index (χ3n) is 5.14. The molecule has 1 aromatic heterocycles. The zero-order valence-corrected chi connectivity index (χ0v) is 20.3. The summed E-state index contributed by atoms with van der Waals surface area (Å²) in [5.41, 5.74) is 0.258. The average molecular weight is 519 g/mol. The number of hydrogen-bond donors (Lipinski definition) is 0. The maximum atomic E-state index is 13.6. The van der Waals surface area contributed by atoms with Gasteiger partial charge in [-0.1, -0.05) is 17.7 Å². The number of imide groups is 1. The normalized spacial score (nSPS) is 16.3. The van der Waals surface area contributed by atoms with Gasteiger partial charge in [0.25, 0.3) is 5.91 Å². The van der Waals surface area contributed by atoms with Gasteiger partial charge in [0.15, 0.2) is 0 Å². The summed E-state index contributed by atoms with van der Waals surface area (Å²) < 4.78 is 33.2. The molecular weight excluding hydrogens is 500 g/mol. The van der Waals surface area contributed by atoms with Crippen molar-refractivity contribution in [2.45, 2.75) is 30.8 Å². The van der Waals surface area contributed by atoms with Crippen LogP contribution in [0.3, 0.4) is 0 Å². The fourth-order valence-corrected chi connectivity index (χ4v) is 6.07. The van der Waals surface area contributed by atoms with Gasteiger partial charge in [-0.25, -0.2) is 13.3 Å². The number of ether oxygens (including phenoxy) is 1. The van der Waals surface area contributed by atoms with Crippen LogP contribution in [0.2, 0.25) is 5.02 Å². The molecule has 3 aromatic rings. The number of anilines is 1. The van der Waals surface area contributed by atoms with E-state index in [0.29, 0.717) is 5.02 Å². The zero-order chi connectivity index (χ0) is 24.5. The summed E-state index contributed by atoms with van der Waals surface area (Å²) >= 11 is 7.26. The Morgan fingerprint density at radius 3 is 2.38 bits per heavy atom. The molecule has 11 heteroatoms. The Labute approximate surface area is 205 Å². The summed E-state index contributed by atoms with van der Waals surface area (Å²) in [5, 5.41) is 2.18. The molecule has 0 spiro atoms. The van der Waals surface area contributed by atoms with Crippen LogP contribution in [0.15, 0.2) is 70.9 Å². The van der Waals surface area contributed by atoms with Gasteiger partial charge >= 0.3 is 5.97 Å². The monoisotopic (exact) mass is 518 g/mol. The van der Waals surface area contributed by atoms with Gasteiger partial charge < -0.3 is 4.74 Å². The SMILES string of the molecule is CC(=O)Oc1ccc(N2C(=O)CC(N(Cc3cccs3)S(=O)(=O)c3ccc(Cl)cc3)C2=O)cc1. The second kappa shape index (κ2) is 9.67. The number of carbonyl (C=O) groups is 3. The minimum Gasteiger partial charge on any atom is -0.427 e. The molecule has 0 radical (unpaired) electrons. The minimum atomic E-state index is -4.14. The topological polar surface area (TPSA) is 101 Å². The Morgan fingerprint density at radius 2 is 1.79 bits per heavy atom. The molecule has 2 aromatic carbocycles. The van der Waals surface area contributed by atoms with Crippen LogP contribution in [0.5, 0.6) is 5.75 Å². The van der Waals surface area contributed by atoms with Gasteiger partial charge in [-0.05, 0) is 60.0 Å². The first-order valence-corrected chi connectivity index (χ1v) is 12.8. The van der Waals surface area contributed by atoms with Crippen LogP contribution in [0, 0.1) is 0 Å². The first-order valence-electron chi connectivity index (χ1n) is 10.1. The van der Waals surface area contributed by atoms with Crippen LogP contribution in [-0.4, -0.2) is 36.5 Å². The summed E-state index contributed by atoms with van der Waals surface area (Å²) in [7, 11) is -4.14. The van der Waals surface area contributed by atoms with Crippen LogP contribution in [0.1, 0.15) is 18.2 Å². The van der Waals surface area contributed by atoms with Gasteiger partial charge in [0, 0.05) is 23.4 Å². The molecule has 8 nitrogen and oxygen atoms in total. The van der Waals surface area contributed by atoms with Crippen molar-refractivity contribution in [3.8, 4) is 5.75 Å². The molecule has 1 aliphatic heterocycles. The molecule has 2 amide bonds. The Bertz CT molecular complexity index is 1320. The number of halogens is 1. The molecule has 4 rings (SSSR count). The highest BCUT2D eigenvalue weighted by molar-refractivity contribution is 7.89. The molecule has 1 unspecified atom stereocenters. The Morgan fingerprint density at radius 1 is 1.12 bits per heavy atom. The van der Waals surface area contributed by atoms with Crippen LogP contribution in [-0.2, 0) is 31.0 Å². The lowest BCUT2D eigenvalue weighted by molar-refractivity contribution is -0.132. The molecule has 2 heterocycles. The van der Waals surface area contributed by atoms with Crippen LogP contribution >= 0.6 is 22.9 Å². The van der Waals surface area contributed by atoms with Crippen molar-refractivity contribution < 1.29 is 27.5 Å². The lowest BCUT2D eigenvalue weighted by Gasteiger charge is -2.26. The van der Waals surface area contributed by atoms with E-state index in [1.165, 1.54) is 66.8 Å².